The smallest absolute Gasteiger partial charge is 0.213 e. The molecule has 1 unspecified atom stereocenters. The van der Waals surface area contributed by atoms with Crippen LogP contribution in [0.4, 0.5) is 0 Å². The van der Waals surface area contributed by atoms with Crippen LogP contribution in [-0.2, 0) is 14.8 Å². The molecule has 5 heteroatoms. The highest BCUT2D eigenvalue weighted by Crippen LogP contribution is 2.12. The quantitative estimate of drug-likeness (QED) is 0.570. The second kappa shape index (κ2) is 3.08. The standard InChI is InChI=1S/C6H13NO3S/c1-6-7(11(2,8)9)4-3-5-10-6/h6H,3-5H2,1-2H3. The van der Waals surface area contributed by atoms with Crippen LogP contribution in [0.5, 0.6) is 0 Å². The van der Waals surface area contributed by atoms with Crippen molar-refractivity contribution in [3.8, 4) is 0 Å². The summed E-state index contributed by atoms with van der Waals surface area (Å²) in [6.07, 6.45) is 1.70. The van der Waals surface area contributed by atoms with Crippen LogP contribution in [0.25, 0.3) is 0 Å². The summed E-state index contributed by atoms with van der Waals surface area (Å²) in [4.78, 5) is 0. The lowest BCUT2D eigenvalue weighted by atomic mass is 10.4. The van der Waals surface area contributed by atoms with Gasteiger partial charge >= 0.3 is 0 Å². The average Bonchev–Trinajstić information content (AvgIpc) is 1.86. The Kier molecular flexibility index (Phi) is 2.51. The highest BCUT2D eigenvalue weighted by Gasteiger charge is 2.26. The third kappa shape index (κ3) is 2.15. The molecule has 0 aromatic heterocycles. The van der Waals surface area contributed by atoms with E-state index in [1.807, 2.05) is 0 Å². The molecule has 0 bridgehead atoms. The van der Waals surface area contributed by atoms with Crippen molar-refractivity contribution in [2.45, 2.75) is 19.6 Å². The third-order valence-corrected chi connectivity index (χ3v) is 3.04. The fraction of sp³-hybridized carbons (Fsp3) is 1.00. The predicted molar refractivity (Wildman–Crippen MR) is 41.6 cm³/mol. The molecule has 4 nitrogen and oxygen atoms in total. The molecule has 1 rings (SSSR count). The Bertz CT molecular complexity index is 224. The Morgan fingerprint density at radius 3 is 2.55 bits per heavy atom. The Hall–Kier alpha value is -0.130. The second-order valence-electron chi connectivity index (χ2n) is 2.70. The second-order valence-corrected chi connectivity index (χ2v) is 4.63. The van der Waals surface area contributed by atoms with Crippen molar-refractivity contribution < 1.29 is 13.2 Å². The molecular formula is C6H13NO3S. The van der Waals surface area contributed by atoms with Crippen molar-refractivity contribution >= 4 is 10.0 Å². The number of sulfonamides is 1. The lowest BCUT2D eigenvalue weighted by Gasteiger charge is -2.30. The molecule has 1 fully saturated rings. The molecule has 0 radical (unpaired) electrons. The first-order chi connectivity index (χ1) is 5.02. The molecule has 1 aliphatic heterocycles. The van der Waals surface area contributed by atoms with Gasteiger partial charge in [0.15, 0.2) is 0 Å². The van der Waals surface area contributed by atoms with Crippen LogP contribution in [0.3, 0.4) is 0 Å². The summed E-state index contributed by atoms with van der Waals surface area (Å²) in [5.74, 6) is 0. The molecule has 0 aliphatic carbocycles. The fourth-order valence-corrected chi connectivity index (χ4v) is 2.24. The van der Waals surface area contributed by atoms with Crippen molar-refractivity contribution in [2.75, 3.05) is 19.4 Å². The fourth-order valence-electron chi connectivity index (χ4n) is 1.17. The van der Waals surface area contributed by atoms with E-state index < -0.39 is 10.0 Å². The average molecular weight is 179 g/mol. The molecule has 0 aromatic rings. The lowest BCUT2D eigenvalue weighted by Crippen LogP contribution is -2.44. The maximum Gasteiger partial charge on any atom is 0.213 e. The molecule has 0 N–H and O–H groups in total. The molecule has 0 amide bonds. The molecule has 0 spiro atoms. The number of hydrogen-bond acceptors (Lipinski definition) is 3. The summed E-state index contributed by atoms with van der Waals surface area (Å²) in [6, 6.07) is 0. The summed E-state index contributed by atoms with van der Waals surface area (Å²) < 4.78 is 28.6. The Morgan fingerprint density at radius 2 is 2.18 bits per heavy atom. The topological polar surface area (TPSA) is 46.6 Å². The molecule has 1 saturated heterocycles. The van der Waals surface area contributed by atoms with Crippen LogP contribution in [0.2, 0.25) is 0 Å². The van der Waals surface area contributed by atoms with Gasteiger partial charge in [-0.15, -0.1) is 0 Å². The SMILES string of the molecule is CC1OCCCN1S(C)(=O)=O. The van der Waals surface area contributed by atoms with E-state index in [0.29, 0.717) is 13.2 Å². The first-order valence-corrected chi connectivity index (χ1v) is 5.45. The number of ether oxygens (including phenoxy) is 1. The van der Waals surface area contributed by atoms with Gasteiger partial charge in [0.25, 0.3) is 0 Å². The highest BCUT2D eigenvalue weighted by atomic mass is 32.2. The van der Waals surface area contributed by atoms with Crippen LogP contribution >= 0.6 is 0 Å². The van der Waals surface area contributed by atoms with Gasteiger partial charge in [-0.05, 0) is 13.3 Å². The molecule has 1 atom stereocenters. The molecule has 1 aliphatic rings. The van der Waals surface area contributed by atoms with Crippen molar-refractivity contribution in [3.63, 3.8) is 0 Å². The number of hydrogen-bond donors (Lipinski definition) is 0. The minimum atomic E-state index is -3.07. The van der Waals surface area contributed by atoms with Crippen LogP contribution < -0.4 is 0 Å². The third-order valence-electron chi connectivity index (χ3n) is 1.71. The minimum absolute atomic E-state index is 0.293. The Morgan fingerprint density at radius 1 is 1.55 bits per heavy atom. The van der Waals surface area contributed by atoms with Gasteiger partial charge in [-0.25, -0.2) is 8.42 Å². The predicted octanol–water partition coefficient (Wildman–Crippen LogP) is 0.0143. The molecule has 1 heterocycles. The number of nitrogens with zero attached hydrogens (tertiary/aromatic N) is 1. The van der Waals surface area contributed by atoms with E-state index in [1.54, 1.807) is 6.92 Å². The molecule has 66 valence electrons. The summed E-state index contributed by atoms with van der Waals surface area (Å²) in [5.41, 5.74) is 0. The summed E-state index contributed by atoms with van der Waals surface area (Å²) in [7, 11) is -3.07. The van der Waals surface area contributed by atoms with Crippen LogP contribution in [0.1, 0.15) is 13.3 Å². The molecule has 0 aromatic carbocycles. The molecule has 0 saturated carbocycles. The molecule has 11 heavy (non-hydrogen) atoms. The zero-order valence-electron chi connectivity index (χ0n) is 6.78. The monoisotopic (exact) mass is 179 g/mol. The maximum absolute atomic E-state index is 11.0. The van der Waals surface area contributed by atoms with Crippen molar-refractivity contribution in [3.05, 3.63) is 0 Å². The van der Waals surface area contributed by atoms with Crippen LogP contribution in [0, 0.1) is 0 Å². The largest absolute Gasteiger partial charge is 0.362 e. The van der Waals surface area contributed by atoms with Gasteiger partial charge in [-0.2, -0.15) is 4.31 Å². The normalized spacial score (nSPS) is 28.7. The van der Waals surface area contributed by atoms with E-state index in [2.05, 4.69) is 0 Å². The highest BCUT2D eigenvalue weighted by molar-refractivity contribution is 7.88. The van der Waals surface area contributed by atoms with Gasteiger partial charge in [-0.1, -0.05) is 0 Å². The zero-order valence-corrected chi connectivity index (χ0v) is 7.60. The van der Waals surface area contributed by atoms with Gasteiger partial charge in [0.1, 0.15) is 6.23 Å². The van der Waals surface area contributed by atoms with Gasteiger partial charge in [0, 0.05) is 13.2 Å². The summed E-state index contributed by atoms with van der Waals surface area (Å²) in [5, 5.41) is 0. The summed E-state index contributed by atoms with van der Waals surface area (Å²) >= 11 is 0. The first-order valence-electron chi connectivity index (χ1n) is 3.60. The van der Waals surface area contributed by atoms with E-state index >= 15 is 0 Å². The Labute approximate surface area is 67.2 Å². The van der Waals surface area contributed by atoms with E-state index in [-0.39, 0.29) is 6.23 Å². The van der Waals surface area contributed by atoms with Gasteiger partial charge in [-0.3, -0.25) is 0 Å². The zero-order chi connectivity index (χ0) is 8.48. The van der Waals surface area contributed by atoms with Crippen molar-refractivity contribution in [2.24, 2.45) is 0 Å². The first kappa shape index (κ1) is 8.96. The molecular weight excluding hydrogens is 166 g/mol. The van der Waals surface area contributed by atoms with Gasteiger partial charge in [0.05, 0.1) is 6.26 Å². The Balaban J connectivity index is 2.70. The van der Waals surface area contributed by atoms with E-state index in [1.165, 1.54) is 10.6 Å². The van der Waals surface area contributed by atoms with Gasteiger partial charge in [0.2, 0.25) is 10.0 Å². The van der Waals surface area contributed by atoms with Crippen molar-refractivity contribution in [1.82, 2.24) is 4.31 Å². The lowest BCUT2D eigenvalue weighted by molar-refractivity contribution is -0.0407. The van der Waals surface area contributed by atoms with E-state index in [0.717, 1.165) is 6.42 Å². The van der Waals surface area contributed by atoms with E-state index in [9.17, 15) is 8.42 Å². The van der Waals surface area contributed by atoms with Gasteiger partial charge < -0.3 is 4.74 Å². The summed E-state index contributed by atoms with van der Waals surface area (Å²) in [6.45, 7) is 2.99. The maximum atomic E-state index is 11.0. The van der Waals surface area contributed by atoms with E-state index in [4.69, 9.17) is 4.74 Å². The van der Waals surface area contributed by atoms with Crippen LogP contribution in [0.15, 0.2) is 0 Å². The van der Waals surface area contributed by atoms with Crippen molar-refractivity contribution in [1.29, 1.82) is 0 Å². The minimum Gasteiger partial charge on any atom is -0.362 e. The number of rotatable bonds is 1. The van der Waals surface area contributed by atoms with Crippen LogP contribution in [-0.4, -0.2) is 38.4 Å².